The van der Waals surface area contributed by atoms with Crippen LogP contribution < -0.4 is 10.6 Å². The molecule has 0 saturated heterocycles. The summed E-state index contributed by atoms with van der Waals surface area (Å²) in [4.78, 5) is 27.4. The van der Waals surface area contributed by atoms with Crippen LogP contribution in [0.15, 0.2) is 18.3 Å². The largest absolute Gasteiger partial charge is 0.466 e. The van der Waals surface area contributed by atoms with Gasteiger partial charge in [0.25, 0.3) is 0 Å². The number of esters is 1. The third kappa shape index (κ3) is 4.73. The summed E-state index contributed by atoms with van der Waals surface area (Å²) in [5.74, 6) is -3.20. The molecule has 1 atom stereocenters. The minimum atomic E-state index is -5.19. The first-order valence-corrected chi connectivity index (χ1v) is 7.25. The number of anilines is 1. The van der Waals surface area contributed by atoms with E-state index in [1.807, 2.05) is 5.32 Å². The van der Waals surface area contributed by atoms with Gasteiger partial charge in [0.2, 0.25) is 5.91 Å². The highest BCUT2D eigenvalue weighted by Crippen LogP contribution is 2.33. The van der Waals surface area contributed by atoms with Crippen molar-refractivity contribution in [2.75, 3.05) is 12.4 Å². The van der Waals surface area contributed by atoms with Crippen molar-refractivity contribution in [1.82, 2.24) is 10.3 Å². The molecule has 10 heteroatoms. The zero-order valence-corrected chi connectivity index (χ0v) is 14.0. The molecule has 0 bridgehead atoms. The van der Waals surface area contributed by atoms with Crippen molar-refractivity contribution in [1.29, 1.82) is 0 Å². The molecule has 0 aliphatic carbocycles. The number of aromatic nitrogens is 1. The SMILES string of the molecule is COC(=O)[C@](NC(=O)CC(C)C)(Nc1ccc(Cl)cn1)C(F)(F)F. The van der Waals surface area contributed by atoms with Gasteiger partial charge in [-0.05, 0) is 18.1 Å². The molecule has 1 rings (SSSR count). The van der Waals surface area contributed by atoms with Gasteiger partial charge in [0.15, 0.2) is 0 Å². The van der Waals surface area contributed by atoms with E-state index in [0.717, 1.165) is 19.4 Å². The number of ether oxygens (including phenoxy) is 1. The molecule has 0 fully saturated rings. The number of nitrogens with zero attached hydrogens (tertiary/aromatic N) is 1. The zero-order valence-electron chi connectivity index (χ0n) is 13.2. The molecular weight excluding hydrogens is 351 g/mol. The van der Waals surface area contributed by atoms with Crippen LogP contribution in [0.1, 0.15) is 20.3 Å². The molecule has 0 aromatic carbocycles. The molecule has 1 heterocycles. The minimum absolute atomic E-state index is 0.195. The monoisotopic (exact) mass is 367 g/mol. The third-order valence-electron chi connectivity index (χ3n) is 2.88. The molecule has 0 aliphatic heterocycles. The summed E-state index contributed by atoms with van der Waals surface area (Å²) in [7, 11) is 0.786. The number of halogens is 4. The number of methoxy groups -OCH3 is 1. The predicted octanol–water partition coefficient (Wildman–Crippen LogP) is 2.74. The lowest BCUT2D eigenvalue weighted by molar-refractivity contribution is -0.206. The van der Waals surface area contributed by atoms with Crippen molar-refractivity contribution in [3.63, 3.8) is 0 Å². The van der Waals surface area contributed by atoms with Gasteiger partial charge in [0.1, 0.15) is 5.82 Å². The summed E-state index contributed by atoms with van der Waals surface area (Å²) >= 11 is 5.63. The first kappa shape index (κ1) is 20.0. The summed E-state index contributed by atoms with van der Waals surface area (Å²) in [6.07, 6.45) is -4.29. The molecule has 1 aromatic heterocycles. The Kier molecular flexibility index (Phi) is 6.42. The molecule has 0 saturated carbocycles. The Balaban J connectivity index is 3.28. The van der Waals surface area contributed by atoms with Crippen molar-refractivity contribution in [3.05, 3.63) is 23.4 Å². The summed E-state index contributed by atoms with van der Waals surface area (Å²) in [6.45, 7) is 3.31. The van der Waals surface area contributed by atoms with E-state index in [0.29, 0.717) is 0 Å². The van der Waals surface area contributed by atoms with Crippen LogP contribution in [0.5, 0.6) is 0 Å². The van der Waals surface area contributed by atoms with E-state index in [9.17, 15) is 22.8 Å². The highest BCUT2D eigenvalue weighted by atomic mass is 35.5. The number of amides is 1. The summed E-state index contributed by atoms with van der Waals surface area (Å²) in [5.41, 5.74) is -3.46. The van der Waals surface area contributed by atoms with E-state index >= 15 is 0 Å². The lowest BCUT2D eigenvalue weighted by Crippen LogP contribution is -2.69. The van der Waals surface area contributed by atoms with Crippen molar-refractivity contribution < 1.29 is 27.5 Å². The summed E-state index contributed by atoms with van der Waals surface area (Å²) < 4.78 is 45.2. The third-order valence-corrected chi connectivity index (χ3v) is 3.10. The second-order valence-corrected chi connectivity index (χ2v) is 5.81. The summed E-state index contributed by atoms with van der Waals surface area (Å²) in [6, 6.07) is 2.42. The van der Waals surface area contributed by atoms with Crippen LogP contribution in [0.3, 0.4) is 0 Å². The molecule has 0 spiro atoms. The van der Waals surface area contributed by atoms with Crippen LogP contribution in [-0.4, -0.2) is 35.8 Å². The fourth-order valence-corrected chi connectivity index (χ4v) is 1.93. The Morgan fingerprint density at radius 3 is 2.38 bits per heavy atom. The Hall–Kier alpha value is -2.03. The van der Waals surface area contributed by atoms with Gasteiger partial charge in [0.05, 0.1) is 12.1 Å². The van der Waals surface area contributed by atoms with Gasteiger partial charge < -0.3 is 15.4 Å². The number of alkyl halides is 3. The van der Waals surface area contributed by atoms with E-state index in [4.69, 9.17) is 11.6 Å². The second kappa shape index (κ2) is 7.69. The molecule has 1 aromatic rings. The molecule has 0 unspecified atom stereocenters. The van der Waals surface area contributed by atoms with Crippen molar-refractivity contribution in [2.45, 2.75) is 32.1 Å². The topological polar surface area (TPSA) is 80.3 Å². The highest BCUT2D eigenvalue weighted by molar-refractivity contribution is 6.30. The highest BCUT2D eigenvalue weighted by Gasteiger charge is 2.63. The van der Waals surface area contributed by atoms with Crippen LogP contribution in [0.2, 0.25) is 5.02 Å². The van der Waals surface area contributed by atoms with Crippen molar-refractivity contribution in [3.8, 4) is 0 Å². The number of hydrogen-bond acceptors (Lipinski definition) is 5. The summed E-state index contributed by atoms with van der Waals surface area (Å²) in [5, 5.41) is 3.80. The number of rotatable bonds is 6. The Morgan fingerprint density at radius 2 is 1.96 bits per heavy atom. The van der Waals surface area contributed by atoms with Crippen LogP contribution >= 0.6 is 11.6 Å². The fraction of sp³-hybridized carbons (Fsp3) is 0.500. The van der Waals surface area contributed by atoms with Crippen molar-refractivity contribution >= 4 is 29.3 Å². The van der Waals surface area contributed by atoms with Gasteiger partial charge >= 0.3 is 17.8 Å². The fourth-order valence-electron chi connectivity index (χ4n) is 1.82. The van der Waals surface area contributed by atoms with Crippen molar-refractivity contribution in [2.24, 2.45) is 5.92 Å². The van der Waals surface area contributed by atoms with Gasteiger partial charge in [-0.3, -0.25) is 4.79 Å². The van der Waals surface area contributed by atoms with Crippen LogP contribution in [-0.2, 0) is 14.3 Å². The minimum Gasteiger partial charge on any atom is -0.466 e. The Labute approximate surface area is 141 Å². The van der Waals surface area contributed by atoms with Gasteiger partial charge in [-0.1, -0.05) is 25.4 Å². The molecule has 24 heavy (non-hydrogen) atoms. The number of nitrogens with one attached hydrogen (secondary N) is 2. The smallest absolute Gasteiger partial charge is 0.441 e. The van der Waals surface area contributed by atoms with E-state index in [-0.39, 0.29) is 23.2 Å². The molecular formula is C14H17ClF3N3O3. The molecule has 0 radical (unpaired) electrons. The first-order chi connectivity index (χ1) is 11.0. The average molecular weight is 368 g/mol. The first-order valence-electron chi connectivity index (χ1n) is 6.87. The number of carbonyl (C=O) groups is 2. The van der Waals surface area contributed by atoms with E-state index in [1.165, 1.54) is 6.07 Å². The molecule has 0 aliphatic rings. The van der Waals surface area contributed by atoms with Crippen LogP contribution in [0.25, 0.3) is 0 Å². The normalized spacial score (nSPS) is 14.0. The quantitative estimate of drug-likeness (QED) is 0.597. The molecule has 2 N–H and O–H groups in total. The van der Waals surface area contributed by atoms with Gasteiger partial charge in [-0.25, -0.2) is 9.78 Å². The second-order valence-electron chi connectivity index (χ2n) is 5.37. The average Bonchev–Trinajstić information content (AvgIpc) is 2.45. The van der Waals surface area contributed by atoms with Gasteiger partial charge in [-0.2, -0.15) is 13.2 Å². The zero-order chi connectivity index (χ0) is 18.5. The lowest BCUT2D eigenvalue weighted by atomic mass is 10.1. The predicted molar refractivity (Wildman–Crippen MR) is 81.3 cm³/mol. The van der Waals surface area contributed by atoms with E-state index < -0.39 is 23.7 Å². The van der Waals surface area contributed by atoms with E-state index in [2.05, 4.69) is 9.72 Å². The number of pyridine rings is 1. The van der Waals surface area contributed by atoms with Crippen LogP contribution in [0.4, 0.5) is 19.0 Å². The van der Waals surface area contributed by atoms with Gasteiger partial charge in [0, 0.05) is 12.6 Å². The maximum Gasteiger partial charge on any atom is 0.441 e. The Bertz CT molecular complexity index is 593. The Morgan fingerprint density at radius 1 is 1.33 bits per heavy atom. The maximum absolute atomic E-state index is 13.6. The molecule has 134 valence electrons. The lowest BCUT2D eigenvalue weighted by Gasteiger charge is -2.34. The van der Waals surface area contributed by atoms with Crippen LogP contribution in [0, 0.1) is 5.92 Å². The van der Waals surface area contributed by atoms with Gasteiger partial charge in [-0.15, -0.1) is 0 Å². The molecule has 1 amide bonds. The number of hydrogen-bond donors (Lipinski definition) is 2. The number of carbonyl (C=O) groups excluding carboxylic acids is 2. The molecule has 6 nitrogen and oxygen atoms in total. The maximum atomic E-state index is 13.6. The van der Waals surface area contributed by atoms with E-state index in [1.54, 1.807) is 19.2 Å². The standard InChI is InChI=1S/C14H17ClF3N3O3/c1-8(2)6-11(22)21-13(12(23)24-3,14(16,17)18)20-10-5-4-9(15)7-19-10/h4-5,7-8H,6H2,1-3H3,(H,19,20)(H,21,22)/t13-/m1/s1.